The number of benzene rings is 2. The average Bonchev–Trinajstić information content (AvgIpc) is 2.98. The fourth-order valence-corrected chi connectivity index (χ4v) is 3.76. The summed E-state index contributed by atoms with van der Waals surface area (Å²) in [6.07, 6.45) is 1.44. The van der Waals surface area contributed by atoms with Crippen molar-refractivity contribution in [2.75, 3.05) is 6.61 Å². The van der Waals surface area contributed by atoms with Crippen LogP contribution in [0.5, 0.6) is 5.75 Å². The minimum atomic E-state index is -3.74. The van der Waals surface area contributed by atoms with Gasteiger partial charge in [-0.2, -0.15) is 0 Å². The van der Waals surface area contributed by atoms with Gasteiger partial charge in [0, 0.05) is 11.6 Å². The molecule has 1 aromatic heterocycles. The van der Waals surface area contributed by atoms with Gasteiger partial charge in [-0.05, 0) is 37.3 Å². The van der Waals surface area contributed by atoms with Gasteiger partial charge in [-0.25, -0.2) is 17.2 Å². The summed E-state index contributed by atoms with van der Waals surface area (Å²) in [7, 11) is -3.74. The van der Waals surface area contributed by atoms with Gasteiger partial charge < -0.3 is 9.84 Å². The summed E-state index contributed by atoms with van der Waals surface area (Å²) in [5.74, 6) is -0.772. The summed E-state index contributed by atoms with van der Waals surface area (Å²) in [5.41, 5.74) is 1.40. The van der Waals surface area contributed by atoms with E-state index >= 15 is 0 Å². The van der Waals surface area contributed by atoms with E-state index in [1.807, 2.05) is 6.92 Å². The Morgan fingerprint density at radius 2 is 1.83 bits per heavy atom. The van der Waals surface area contributed by atoms with Gasteiger partial charge in [0.15, 0.2) is 6.61 Å². The van der Waals surface area contributed by atoms with E-state index in [0.717, 1.165) is 5.56 Å². The molecule has 0 spiro atoms. The normalized spacial score (nSPS) is 11.5. The highest BCUT2D eigenvalue weighted by Gasteiger charge is 2.20. The molecule has 6 nitrogen and oxygen atoms in total. The first-order chi connectivity index (χ1) is 11.4. The maximum absolute atomic E-state index is 12.8. The van der Waals surface area contributed by atoms with Crippen LogP contribution in [0.25, 0.3) is 10.9 Å². The topological polar surface area (TPSA) is 85.6 Å². The molecule has 3 rings (SSSR count). The van der Waals surface area contributed by atoms with Crippen molar-refractivity contribution in [2.45, 2.75) is 11.8 Å². The van der Waals surface area contributed by atoms with Gasteiger partial charge in [-0.1, -0.05) is 23.8 Å². The van der Waals surface area contributed by atoms with Crippen molar-refractivity contribution in [2.24, 2.45) is 0 Å². The predicted octanol–water partition coefficient (Wildman–Crippen LogP) is 2.65. The van der Waals surface area contributed by atoms with E-state index in [4.69, 9.17) is 9.84 Å². The molecular weight excluding hydrogens is 330 g/mol. The lowest BCUT2D eigenvalue weighted by Crippen LogP contribution is -2.12. The standard InChI is InChI=1S/C17H15NO5S/c1-12-5-7-13(8-6-12)24(21,22)18-10-9-14-15(18)3-2-4-16(14)23-11-17(19)20/h2-10H,11H2,1H3,(H,19,20). The van der Waals surface area contributed by atoms with Crippen LogP contribution in [-0.4, -0.2) is 30.1 Å². The van der Waals surface area contributed by atoms with E-state index in [2.05, 4.69) is 0 Å². The van der Waals surface area contributed by atoms with Crippen molar-refractivity contribution in [3.63, 3.8) is 0 Å². The van der Waals surface area contributed by atoms with Crippen LogP contribution < -0.4 is 4.74 Å². The zero-order valence-corrected chi connectivity index (χ0v) is 13.7. The number of rotatable bonds is 5. The first-order valence-electron chi connectivity index (χ1n) is 7.16. The Balaban J connectivity index is 2.09. The van der Waals surface area contributed by atoms with Crippen LogP contribution in [0.2, 0.25) is 0 Å². The third kappa shape index (κ3) is 2.85. The molecule has 0 aliphatic carbocycles. The number of carbonyl (C=O) groups is 1. The van der Waals surface area contributed by atoms with Crippen molar-refractivity contribution < 1.29 is 23.1 Å². The lowest BCUT2D eigenvalue weighted by molar-refractivity contribution is -0.139. The Morgan fingerprint density at radius 1 is 1.12 bits per heavy atom. The number of ether oxygens (including phenoxy) is 1. The Bertz CT molecular complexity index is 1000. The zero-order valence-electron chi connectivity index (χ0n) is 12.8. The lowest BCUT2D eigenvalue weighted by atomic mass is 10.2. The zero-order chi connectivity index (χ0) is 17.3. The van der Waals surface area contributed by atoms with Gasteiger partial charge in [0.2, 0.25) is 0 Å². The molecule has 7 heteroatoms. The highest BCUT2D eigenvalue weighted by atomic mass is 32.2. The number of nitrogens with zero attached hydrogens (tertiary/aromatic N) is 1. The summed E-state index contributed by atoms with van der Waals surface area (Å²) < 4.78 is 32.0. The molecule has 124 valence electrons. The number of carboxylic acids is 1. The second-order valence-electron chi connectivity index (χ2n) is 5.30. The van der Waals surface area contributed by atoms with Crippen LogP contribution in [0.1, 0.15) is 5.56 Å². The van der Waals surface area contributed by atoms with Crippen molar-refractivity contribution in [1.29, 1.82) is 0 Å². The number of aromatic nitrogens is 1. The second-order valence-corrected chi connectivity index (χ2v) is 7.12. The summed E-state index contributed by atoms with van der Waals surface area (Å²) in [5, 5.41) is 9.26. The van der Waals surface area contributed by atoms with E-state index in [0.29, 0.717) is 16.7 Å². The molecule has 24 heavy (non-hydrogen) atoms. The number of hydrogen-bond acceptors (Lipinski definition) is 4. The van der Waals surface area contributed by atoms with Gasteiger partial charge in [0.1, 0.15) is 5.75 Å². The minimum Gasteiger partial charge on any atom is -0.481 e. The smallest absolute Gasteiger partial charge is 0.341 e. The second kappa shape index (κ2) is 6.01. The predicted molar refractivity (Wildman–Crippen MR) is 88.8 cm³/mol. The van der Waals surface area contributed by atoms with Gasteiger partial charge in [0.25, 0.3) is 10.0 Å². The van der Waals surface area contributed by atoms with Crippen LogP contribution in [0.3, 0.4) is 0 Å². The van der Waals surface area contributed by atoms with Gasteiger partial charge in [-0.3, -0.25) is 0 Å². The molecule has 0 aliphatic heterocycles. The molecule has 2 aromatic carbocycles. The molecule has 1 N–H and O–H groups in total. The third-order valence-electron chi connectivity index (χ3n) is 3.59. The molecule has 0 unspecified atom stereocenters. The molecule has 0 radical (unpaired) electrons. The molecule has 0 atom stereocenters. The highest BCUT2D eigenvalue weighted by molar-refractivity contribution is 7.90. The number of hydrogen-bond donors (Lipinski definition) is 1. The summed E-state index contributed by atoms with van der Waals surface area (Å²) >= 11 is 0. The number of aliphatic carboxylic acids is 1. The van der Waals surface area contributed by atoms with Crippen molar-refractivity contribution in [3.05, 3.63) is 60.3 Å². The van der Waals surface area contributed by atoms with Crippen LogP contribution >= 0.6 is 0 Å². The SMILES string of the molecule is Cc1ccc(S(=O)(=O)n2ccc3c(OCC(=O)O)cccc32)cc1. The molecule has 0 bridgehead atoms. The largest absolute Gasteiger partial charge is 0.481 e. The molecule has 0 aliphatic rings. The molecule has 0 saturated carbocycles. The van der Waals surface area contributed by atoms with E-state index in [-0.39, 0.29) is 4.90 Å². The highest BCUT2D eigenvalue weighted by Crippen LogP contribution is 2.29. The van der Waals surface area contributed by atoms with E-state index in [9.17, 15) is 13.2 Å². The van der Waals surface area contributed by atoms with Crippen LogP contribution in [0.15, 0.2) is 59.6 Å². The average molecular weight is 345 g/mol. The Labute approximate surface area is 139 Å². The minimum absolute atomic E-state index is 0.183. The summed E-state index contributed by atoms with van der Waals surface area (Å²) in [6.45, 7) is 1.39. The maximum atomic E-state index is 12.8. The molecule has 3 aromatic rings. The maximum Gasteiger partial charge on any atom is 0.341 e. The Morgan fingerprint density at radius 3 is 2.50 bits per heavy atom. The first kappa shape index (κ1) is 16.1. The summed E-state index contributed by atoms with van der Waals surface area (Å²) in [4.78, 5) is 10.8. The molecule has 0 fully saturated rings. The van der Waals surface area contributed by atoms with Crippen molar-refractivity contribution in [3.8, 4) is 5.75 Å². The monoisotopic (exact) mass is 345 g/mol. The molecule has 1 heterocycles. The van der Waals surface area contributed by atoms with E-state index in [1.54, 1.807) is 48.5 Å². The first-order valence-corrected chi connectivity index (χ1v) is 8.60. The van der Waals surface area contributed by atoms with Gasteiger partial charge >= 0.3 is 5.97 Å². The van der Waals surface area contributed by atoms with Gasteiger partial charge in [-0.15, -0.1) is 0 Å². The number of carboxylic acid groups (broad SMARTS) is 1. The van der Waals surface area contributed by atoms with E-state index in [1.165, 1.54) is 10.2 Å². The lowest BCUT2D eigenvalue weighted by Gasteiger charge is -2.09. The number of aryl methyl sites for hydroxylation is 1. The number of fused-ring (bicyclic) bond motifs is 1. The van der Waals surface area contributed by atoms with Crippen LogP contribution in [0.4, 0.5) is 0 Å². The fourth-order valence-electron chi connectivity index (χ4n) is 2.41. The molecule has 0 saturated heterocycles. The fraction of sp³-hybridized carbons (Fsp3) is 0.118. The third-order valence-corrected chi connectivity index (χ3v) is 5.29. The Hall–Kier alpha value is -2.80. The molecule has 0 amide bonds. The van der Waals surface area contributed by atoms with Gasteiger partial charge in [0.05, 0.1) is 10.4 Å². The van der Waals surface area contributed by atoms with Crippen molar-refractivity contribution >= 4 is 26.9 Å². The van der Waals surface area contributed by atoms with E-state index < -0.39 is 22.6 Å². The Kier molecular flexibility index (Phi) is 4.02. The van der Waals surface area contributed by atoms with Crippen LogP contribution in [-0.2, 0) is 14.8 Å². The molecular formula is C17H15NO5S. The quantitative estimate of drug-likeness (QED) is 0.768. The van der Waals surface area contributed by atoms with Crippen molar-refractivity contribution in [1.82, 2.24) is 3.97 Å². The summed E-state index contributed by atoms with van der Waals surface area (Å²) in [6, 6.07) is 13.1. The van der Waals surface area contributed by atoms with Crippen LogP contribution in [0, 0.1) is 6.92 Å².